The Labute approximate surface area is 156 Å². The smallest absolute Gasteiger partial charge is 0.0743 e. The summed E-state index contributed by atoms with van der Waals surface area (Å²) in [6.07, 6.45) is 3.03. The highest BCUT2D eigenvalue weighted by Crippen LogP contribution is 2.42. The van der Waals surface area contributed by atoms with Crippen molar-refractivity contribution < 1.29 is 0 Å². The lowest BCUT2D eigenvalue weighted by molar-refractivity contribution is 0.688. The van der Waals surface area contributed by atoms with Gasteiger partial charge >= 0.3 is 0 Å². The summed E-state index contributed by atoms with van der Waals surface area (Å²) >= 11 is 0. The van der Waals surface area contributed by atoms with Gasteiger partial charge in [0.1, 0.15) is 0 Å². The highest BCUT2D eigenvalue weighted by Gasteiger charge is 2.24. The van der Waals surface area contributed by atoms with Crippen molar-refractivity contribution in [2.75, 3.05) is 6.54 Å². The maximum absolute atomic E-state index is 5.86. The van der Waals surface area contributed by atoms with Gasteiger partial charge in [0.2, 0.25) is 0 Å². The zero-order chi connectivity index (χ0) is 18.0. The van der Waals surface area contributed by atoms with E-state index in [0.717, 1.165) is 19.5 Å². The molecule has 0 bridgehead atoms. The van der Waals surface area contributed by atoms with E-state index in [4.69, 9.17) is 5.73 Å². The summed E-state index contributed by atoms with van der Waals surface area (Å²) in [5.74, 6) is 0. The van der Waals surface area contributed by atoms with Crippen molar-refractivity contribution in [2.24, 2.45) is 10.7 Å². The van der Waals surface area contributed by atoms with Crippen LogP contribution in [0, 0.1) is 0 Å². The van der Waals surface area contributed by atoms with Crippen LogP contribution in [0.5, 0.6) is 0 Å². The molecule has 0 spiro atoms. The molecule has 4 heteroatoms. The Morgan fingerprint density at radius 2 is 1.81 bits per heavy atom. The summed E-state index contributed by atoms with van der Waals surface area (Å²) in [5.41, 5.74) is 13.4. The van der Waals surface area contributed by atoms with Crippen LogP contribution in [-0.4, -0.2) is 22.3 Å². The number of nitrogens with one attached hydrogen (secondary N) is 1. The number of benzene rings is 3. The minimum absolute atomic E-state index is 0.691. The second-order valence-corrected chi connectivity index (χ2v) is 7.32. The summed E-state index contributed by atoms with van der Waals surface area (Å²) in [7, 11) is 0. The molecular formula is C23H20N4. The normalized spacial score (nSPS) is 13.5. The van der Waals surface area contributed by atoms with Crippen molar-refractivity contribution in [3.63, 3.8) is 0 Å². The lowest BCUT2D eigenvalue weighted by Crippen LogP contribution is -2.06. The number of aromatic nitrogens is 2. The first-order chi connectivity index (χ1) is 13.4. The molecule has 3 heterocycles. The molecular weight excluding hydrogens is 332 g/mol. The third-order valence-corrected chi connectivity index (χ3v) is 5.87. The highest BCUT2D eigenvalue weighted by atomic mass is 15.0. The molecule has 0 fully saturated rings. The Hall–Kier alpha value is -3.11. The Morgan fingerprint density at radius 1 is 1.00 bits per heavy atom. The van der Waals surface area contributed by atoms with Gasteiger partial charge in [0.15, 0.2) is 0 Å². The summed E-state index contributed by atoms with van der Waals surface area (Å²) in [5, 5.41) is 5.22. The lowest BCUT2D eigenvalue weighted by Gasteiger charge is -2.09. The van der Waals surface area contributed by atoms with Gasteiger partial charge in [-0.1, -0.05) is 36.4 Å². The molecule has 27 heavy (non-hydrogen) atoms. The fraction of sp³-hybridized carbons (Fsp3) is 0.174. The molecule has 4 nitrogen and oxygen atoms in total. The van der Waals surface area contributed by atoms with Gasteiger partial charge in [0.05, 0.1) is 17.6 Å². The molecule has 0 unspecified atom stereocenters. The van der Waals surface area contributed by atoms with Gasteiger partial charge in [0, 0.05) is 50.9 Å². The standard InChI is InChI=1S/C23H20N4/c24-10-5-11-27-19-9-4-2-7-15(19)21-17-13-25-12-16(17)20-14-6-1-3-8-18(14)26-22(20)23(21)27/h1-4,6-9,13,26H,5,10-12,24H2. The van der Waals surface area contributed by atoms with Crippen molar-refractivity contribution in [1.82, 2.24) is 9.55 Å². The number of hydrogen-bond donors (Lipinski definition) is 2. The number of aromatic amines is 1. The number of rotatable bonds is 3. The van der Waals surface area contributed by atoms with Crippen LogP contribution in [0.3, 0.4) is 0 Å². The van der Waals surface area contributed by atoms with E-state index in [2.05, 4.69) is 69.3 Å². The minimum atomic E-state index is 0.691. The van der Waals surface area contributed by atoms with Crippen molar-refractivity contribution in [2.45, 2.75) is 19.5 Å². The number of para-hydroxylation sites is 2. The molecule has 1 aliphatic heterocycles. The van der Waals surface area contributed by atoms with Crippen molar-refractivity contribution in [1.29, 1.82) is 0 Å². The Balaban J connectivity index is 1.92. The predicted molar refractivity (Wildman–Crippen MR) is 114 cm³/mol. The van der Waals surface area contributed by atoms with Gasteiger partial charge in [-0.25, -0.2) is 0 Å². The second kappa shape index (κ2) is 5.44. The summed E-state index contributed by atoms with van der Waals surface area (Å²) < 4.78 is 2.45. The maximum Gasteiger partial charge on any atom is 0.0743 e. The lowest BCUT2D eigenvalue weighted by atomic mass is 9.97. The van der Waals surface area contributed by atoms with E-state index in [0.29, 0.717) is 6.54 Å². The molecule has 0 atom stereocenters. The largest absolute Gasteiger partial charge is 0.353 e. The molecule has 0 radical (unpaired) electrons. The van der Waals surface area contributed by atoms with Crippen molar-refractivity contribution in [3.8, 4) is 0 Å². The Kier molecular flexibility index (Phi) is 3.02. The number of nitrogens with zero attached hydrogens (tertiary/aromatic N) is 2. The fourth-order valence-electron chi connectivity index (χ4n) is 4.77. The monoisotopic (exact) mass is 352 g/mol. The molecule has 3 aromatic carbocycles. The third-order valence-electron chi connectivity index (χ3n) is 5.87. The molecule has 0 saturated heterocycles. The first-order valence-electron chi connectivity index (χ1n) is 9.54. The average molecular weight is 352 g/mol. The van der Waals surface area contributed by atoms with Gasteiger partial charge in [-0.15, -0.1) is 0 Å². The first-order valence-corrected chi connectivity index (χ1v) is 9.54. The zero-order valence-corrected chi connectivity index (χ0v) is 15.0. The van der Waals surface area contributed by atoms with Crippen LogP contribution < -0.4 is 5.73 Å². The molecule has 3 N–H and O–H groups in total. The molecule has 0 saturated carbocycles. The van der Waals surface area contributed by atoms with Gasteiger partial charge in [0.25, 0.3) is 0 Å². The first kappa shape index (κ1) is 15.0. The van der Waals surface area contributed by atoms with Gasteiger partial charge in [-0.05, 0) is 30.7 Å². The number of fused-ring (bicyclic) bond motifs is 10. The number of nitrogens with two attached hydrogens (primary N) is 1. The molecule has 0 amide bonds. The molecule has 2 aromatic heterocycles. The second-order valence-electron chi connectivity index (χ2n) is 7.32. The maximum atomic E-state index is 5.86. The summed E-state index contributed by atoms with van der Waals surface area (Å²) in [4.78, 5) is 8.37. The predicted octanol–water partition coefficient (Wildman–Crippen LogP) is 4.71. The van der Waals surface area contributed by atoms with E-state index in [1.165, 1.54) is 54.7 Å². The van der Waals surface area contributed by atoms with Crippen LogP contribution in [0.2, 0.25) is 0 Å². The van der Waals surface area contributed by atoms with E-state index >= 15 is 0 Å². The van der Waals surface area contributed by atoms with E-state index in [1.807, 2.05) is 0 Å². The van der Waals surface area contributed by atoms with Gasteiger partial charge < -0.3 is 15.3 Å². The topological polar surface area (TPSA) is 59.1 Å². The number of aryl methyl sites for hydroxylation is 1. The van der Waals surface area contributed by atoms with Crippen molar-refractivity contribution in [3.05, 3.63) is 59.7 Å². The van der Waals surface area contributed by atoms with Crippen LogP contribution in [0.4, 0.5) is 0 Å². The molecule has 0 aliphatic carbocycles. The van der Waals surface area contributed by atoms with E-state index in [1.54, 1.807) is 0 Å². The Bertz CT molecular complexity index is 1380. The number of aliphatic imine (C=N–C) groups is 1. The van der Waals surface area contributed by atoms with Crippen LogP contribution in [0.1, 0.15) is 17.5 Å². The SMILES string of the molecule is NCCCn1c2ccccc2c2c3c(c4c5ccccc5[nH]c4c21)CN=C3. The van der Waals surface area contributed by atoms with Crippen LogP contribution in [0.25, 0.3) is 43.6 Å². The van der Waals surface area contributed by atoms with E-state index in [9.17, 15) is 0 Å². The number of hydrogen-bond acceptors (Lipinski definition) is 2. The quantitative estimate of drug-likeness (QED) is 0.485. The highest BCUT2D eigenvalue weighted by molar-refractivity contribution is 6.28. The molecule has 5 aromatic rings. The van der Waals surface area contributed by atoms with E-state index < -0.39 is 0 Å². The molecule has 6 rings (SSSR count). The Morgan fingerprint density at radius 3 is 2.70 bits per heavy atom. The van der Waals surface area contributed by atoms with Crippen LogP contribution in [0.15, 0.2) is 53.5 Å². The van der Waals surface area contributed by atoms with Crippen molar-refractivity contribution >= 4 is 49.8 Å². The molecule has 132 valence electrons. The summed E-state index contributed by atoms with van der Waals surface area (Å²) in [6, 6.07) is 17.3. The summed E-state index contributed by atoms with van der Waals surface area (Å²) in [6.45, 7) is 2.36. The zero-order valence-electron chi connectivity index (χ0n) is 15.0. The van der Waals surface area contributed by atoms with Crippen LogP contribution >= 0.6 is 0 Å². The van der Waals surface area contributed by atoms with E-state index in [-0.39, 0.29) is 0 Å². The third kappa shape index (κ3) is 1.88. The average Bonchev–Trinajstić information content (AvgIpc) is 3.39. The number of H-pyrrole nitrogens is 1. The molecule has 1 aliphatic rings. The van der Waals surface area contributed by atoms with Gasteiger partial charge in [-0.2, -0.15) is 0 Å². The minimum Gasteiger partial charge on any atom is -0.353 e. The van der Waals surface area contributed by atoms with Crippen LogP contribution in [-0.2, 0) is 13.1 Å². The van der Waals surface area contributed by atoms with Gasteiger partial charge in [-0.3, -0.25) is 4.99 Å². The fourth-order valence-corrected chi connectivity index (χ4v) is 4.77.